The van der Waals surface area contributed by atoms with Crippen molar-refractivity contribution < 1.29 is 5.11 Å². The maximum atomic E-state index is 8.85. The summed E-state index contributed by atoms with van der Waals surface area (Å²) in [6, 6.07) is 12.0. The summed E-state index contributed by atoms with van der Waals surface area (Å²) >= 11 is 0. The number of nitrogens with one attached hydrogen (secondary N) is 1. The number of hydrogen-bond acceptors (Lipinski definition) is 2. The monoisotopic (exact) mass is 179 g/mol. The van der Waals surface area contributed by atoms with Crippen LogP contribution in [0.2, 0.25) is 0 Å². The van der Waals surface area contributed by atoms with E-state index in [0.717, 1.165) is 25.9 Å². The zero-order valence-corrected chi connectivity index (χ0v) is 7.82. The summed E-state index contributed by atoms with van der Waals surface area (Å²) in [5.74, 6) is 0. The van der Waals surface area contributed by atoms with Crippen LogP contribution in [0.5, 0.6) is 0 Å². The summed E-state index contributed by atoms with van der Waals surface area (Å²) in [6.07, 6.45) is 2.03. The topological polar surface area (TPSA) is 32.3 Å². The Labute approximate surface area is 79.6 Å². The van der Waals surface area contributed by atoms with Crippen molar-refractivity contribution in [1.82, 2.24) is 5.32 Å². The van der Waals surface area contributed by atoms with Gasteiger partial charge in [-0.05, 0) is 19.4 Å². The van der Waals surface area contributed by atoms with Crippen molar-refractivity contribution in [2.24, 2.45) is 0 Å². The minimum Gasteiger partial charge on any atom is -0.392 e. The molecular formula is C11H17NO. The van der Waals surface area contributed by atoms with Gasteiger partial charge in [0.05, 0.1) is 6.10 Å². The first kappa shape index (κ1) is 10.2. The van der Waals surface area contributed by atoms with Crippen molar-refractivity contribution >= 4 is 0 Å². The molecule has 2 N–H and O–H groups in total. The minimum absolute atomic E-state index is 0.0752. The van der Waals surface area contributed by atoms with Gasteiger partial charge in [0.25, 0.3) is 0 Å². The third-order valence-electron chi connectivity index (χ3n) is 1.94. The third kappa shape index (κ3) is 5.39. The predicted octanol–water partition coefficient (Wildman–Crippen LogP) is 1.42. The van der Waals surface area contributed by atoms with E-state index in [1.165, 1.54) is 0 Å². The zero-order chi connectivity index (χ0) is 9.36. The highest BCUT2D eigenvalue weighted by molar-refractivity contribution is 4.99. The Balaban J connectivity index is 0.000000132. The summed E-state index contributed by atoms with van der Waals surface area (Å²) in [6.45, 7) is 1.87. The molecule has 1 aromatic rings. The Morgan fingerprint density at radius 2 is 1.54 bits per heavy atom. The number of aliphatic hydroxyl groups excluding tert-OH is 1. The Hall–Kier alpha value is -0.860. The SMILES string of the molecule is OC1CCCNC1.c1ccccc1. The summed E-state index contributed by atoms with van der Waals surface area (Å²) in [4.78, 5) is 0. The summed E-state index contributed by atoms with van der Waals surface area (Å²) < 4.78 is 0. The molecule has 2 rings (SSSR count). The number of rotatable bonds is 0. The lowest BCUT2D eigenvalue weighted by atomic mass is 10.1. The van der Waals surface area contributed by atoms with Crippen LogP contribution in [-0.4, -0.2) is 24.3 Å². The van der Waals surface area contributed by atoms with Crippen LogP contribution in [0.1, 0.15) is 12.8 Å². The van der Waals surface area contributed by atoms with Crippen LogP contribution in [0.3, 0.4) is 0 Å². The van der Waals surface area contributed by atoms with E-state index in [-0.39, 0.29) is 6.10 Å². The van der Waals surface area contributed by atoms with Crippen molar-refractivity contribution in [2.45, 2.75) is 18.9 Å². The van der Waals surface area contributed by atoms with Crippen molar-refractivity contribution in [3.8, 4) is 0 Å². The Kier molecular flexibility index (Phi) is 5.22. The average molecular weight is 179 g/mol. The van der Waals surface area contributed by atoms with Crippen molar-refractivity contribution in [3.05, 3.63) is 36.4 Å². The first-order valence-electron chi connectivity index (χ1n) is 4.78. The minimum atomic E-state index is -0.0752. The van der Waals surface area contributed by atoms with Crippen molar-refractivity contribution in [1.29, 1.82) is 0 Å². The van der Waals surface area contributed by atoms with Gasteiger partial charge in [0.15, 0.2) is 0 Å². The Bertz CT molecular complexity index is 168. The molecule has 1 atom stereocenters. The zero-order valence-electron chi connectivity index (χ0n) is 7.82. The number of aliphatic hydroxyl groups is 1. The number of β-amino-alcohol motifs (C(OH)–C–C–N with tert-alkyl or cyclic N) is 1. The van der Waals surface area contributed by atoms with E-state index in [1.807, 2.05) is 36.4 Å². The normalized spacial score (nSPS) is 21.5. The summed E-state index contributed by atoms with van der Waals surface area (Å²) in [7, 11) is 0. The molecular weight excluding hydrogens is 162 g/mol. The van der Waals surface area contributed by atoms with Crippen LogP contribution in [0.25, 0.3) is 0 Å². The van der Waals surface area contributed by atoms with Crippen LogP contribution in [0, 0.1) is 0 Å². The van der Waals surface area contributed by atoms with Gasteiger partial charge in [-0.3, -0.25) is 0 Å². The molecule has 1 unspecified atom stereocenters. The molecule has 1 aromatic carbocycles. The van der Waals surface area contributed by atoms with E-state index in [4.69, 9.17) is 5.11 Å². The van der Waals surface area contributed by atoms with E-state index in [2.05, 4.69) is 5.32 Å². The molecule has 0 amide bonds. The first-order valence-corrected chi connectivity index (χ1v) is 4.78. The van der Waals surface area contributed by atoms with Crippen LogP contribution in [-0.2, 0) is 0 Å². The van der Waals surface area contributed by atoms with Crippen LogP contribution in [0.4, 0.5) is 0 Å². The molecule has 0 aromatic heterocycles. The second-order valence-corrected chi connectivity index (χ2v) is 3.15. The first-order chi connectivity index (χ1) is 6.39. The van der Waals surface area contributed by atoms with E-state index < -0.39 is 0 Å². The highest BCUT2D eigenvalue weighted by atomic mass is 16.3. The van der Waals surface area contributed by atoms with Gasteiger partial charge in [-0.1, -0.05) is 36.4 Å². The van der Waals surface area contributed by atoms with E-state index in [0.29, 0.717) is 0 Å². The van der Waals surface area contributed by atoms with Crippen LogP contribution in [0.15, 0.2) is 36.4 Å². The van der Waals surface area contributed by atoms with Gasteiger partial charge >= 0.3 is 0 Å². The van der Waals surface area contributed by atoms with E-state index in [1.54, 1.807) is 0 Å². The molecule has 1 fully saturated rings. The van der Waals surface area contributed by atoms with Gasteiger partial charge in [0.1, 0.15) is 0 Å². The van der Waals surface area contributed by atoms with Crippen molar-refractivity contribution in [3.63, 3.8) is 0 Å². The summed E-state index contributed by atoms with van der Waals surface area (Å²) in [5.41, 5.74) is 0. The highest BCUT2D eigenvalue weighted by Crippen LogP contribution is 1.98. The molecule has 13 heavy (non-hydrogen) atoms. The molecule has 0 bridgehead atoms. The Morgan fingerprint density at radius 1 is 1.00 bits per heavy atom. The van der Waals surface area contributed by atoms with E-state index >= 15 is 0 Å². The van der Waals surface area contributed by atoms with Gasteiger partial charge in [-0.25, -0.2) is 0 Å². The quantitative estimate of drug-likeness (QED) is 0.631. The molecule has 0 saturated carbocycles. The molecule has 2 nitrogen and oxygen atoms in total. The molecule has 1 saturated heterocycles. The maximum absolute atomic E-state index is 8.85. The van der Waals surface area contributed by atoms with Gasteiger partial charge in [0, 0.05) is 6.54 Å². The Morgan fingerprint density at radius 3 is 1.77 bits per heavy atom. The fourth-order valence-electron chi connectivity index (χ4n) is 1.22. The second kappa shape index (κ2) is 6.63. The molecule has 1 aliphatic heterocycles. The lowest BCUT2D eigenvalue weighted by Crippen LogP contribution is -2.33. The number of hydrogen-bond donors (Lipinski definition) is 2. The molecule has 0 spiro atoms. The third-order valence-corrected chi connectivity index (χ3v) is 1.94. The molecule has 0 radical (unpaired) electrons. The number of benzene rings is 1. The fourth-order valence-corrected chi connectivity index (χ4v) is 1.22. The van der Waals surface area contributed by atoms with E-state index in [9.17, 15) is 0 Å². The van der Waals surface area contributed by atoms with Gasteiger partial charge in [-0.2, -0.15) is 0 Å². The standard InChI is InChI=1S/C6H6.C5H11NO/c1-2-4-6-5-3-1;7-5-2-1-3-6-4-5/h1-6H;5-7H,1-4H2. The van der Waals surface area contributed by atoms with Gasteiger partial charge in [-0.15, -0.1) is 0 Å². The molecule has 1 aliphatic rings. The lowest BCUT2D eigenvalue weighted by molar-refractivity contribution is 0.142. The smallest absolute Gasteiger partial charge is 0.0665 e. The fraction of sp³-hybridized carbons (Fsp3) is 0.455. The highest BCUT2D eigenvalue weighted by Gasteiger charge is 2.06. The van der Waals surface area contributed by atoms with Crippen molar-refractivity contribution in [2.75, 3.05) is 13.1 Å². The summed E-state index contributed by atoms with van der Waals surface area (Å²) in [5, 5.41) is 11.9. The van der Waals surface area contributed by atoms with Gasteiger partial charge < -0.3 is 10.4 Å². The molecule has 1 heterocycles. The van der Waals surface area contributed by atoms with Crippen LogP contribution < -0.4 is 5.32 Å². The molecule has 2 heteroatoms. The second-order valence-electron chi connectivity index (χ2n) is 3.15. The lowest BCUT2D eigenvalue weighted by Gasteiger charge is -2.16. The predicted molar refractivity (Wildman–Crippen MR) is 54.6 cm³/mol. The average Bonchev–Trinajstić information content (AvgIpc) is 2.22. The largest absolute Gasteiger partial charge is 0.392 e. The maximum Gasteiger partial charge on any atom is 0.0665 e. The van der Waals surface area contributed by atoms with Crippen LogP contribution >= 0.6 is 0 Å². The molecule has 72 valence electrons. The molecule has 0 aliphatic carbocycles. The number of piperidine rings is 1. The van der Waals surface area contributed by atoms with Gasteiger partial charge in [0.2, 0.25) is 0 Å².